The molecule has 0 unspecified atom stereocenters. The van der Waals surface area contributed by atoms with Crippen molar-refractivity contribution in [2.75, 3.05) is 11.9 Å². The molecule has 1 aromatic rings. The van der Waals surface area contributed by atoms with Crippen LogP contribution in [0.25, 0.3) is 0 Å². The molecular weight excluding hydrogens is 194 g/mol. The molecule has 0 atom stereocenters. The summed E-state index contributed by atoms with van der Waals surface area (Å²) in [6.07, 6.45) is 3.63. The molecule has 0 aliphatic rings. The zero-order chi connectivity index (χ0) is 10.4. The van der Waals surface area contributed by atoms with Gasteiger partial charge in [0.25, 0.3) is 0 Å². The van der Waals surface area contributed by atoms with E-state index in [9.17, 15) is 0 Å². The van der Waals surface area contributed by atoms with E-state index in [0.717, 1.165) is 23.8 Å². The van der Waals surface area contributed by atoms with Gasteiger partial charge in [0.15, 0.2) is 0 Å². The molecule has 0 spiro atoms. The Labute approximate surface area is 89.7 Å². The molecule has 0 saturated heterocycles. The lowest BCUT2D eigenvalue weighted by molar-refractivity contribution is 1.06. The van der Waals surface area contributed by atoms with Crippen LogP contribution < -0.4 is 5.32 Å². The van der Waals surface area contributed by atoms with Gasteiger partial charge in [-0.15, -0.1) is 0 Å². The number of hydrogen-bond acceptors (Lipinski definition) is 4. The van der Waals surface area contributed by atoms with Gasteiger partial charge in [0.1, 0.15) is 5.82 Å². The van der Waals surface area contributed by atoms with Gasteiger partial charge in [-0.1, -0.05) is 13.8 Å². The Morgan fingerprint density at radius 1 is 1.36 bits per heavy atom. The molecule has 3 nitrogen and oxygen atoms in total. The molecule has 1 N–H and O–H groups in total. The predicted octanol–water partition coefficient (Wildman–Crippen LogP) is 2.55. The average molecular weight is 211 g/mol. The van der Waals surface area contributed by atoms with Crippen molar-refractivity contribution in [2.45, 2.75) is 31.8 Å². The molecule has 0 aromatic carbocycles. The fourth-order valence-corrected chi connectivity index (χ4v) is 1.61. The maximum atomic E-state index is 4.32. The lowest BCUT2D eigenvalue weighted by Gasteiger charge is -2.05. The Morgan fingerprint density at radius 2 is 2.14 bits per heavy atom. The molecule has 4 heteroatoms. The van der Waals surface area contributed by atoms with Gasteiger partial charge in [0.2, 0.25) is 0 Å². The molecule has 0 aliphatic carbocycles. The van der Waals surface area contributed by atoms with E-state index >= 15 is 0 Å². The van der Waals surface area contributed by atoms with Crippen molar-refractivity contribution in [1.29, 1.82) is 0 Å². The predicted molar refractivity (Wildman–Crippen MR) is 62.6 cm³/mol. The minimum absolute atomic E-state index is 0.644. The Kier molecular flexibility index (Phi) is 4.73. The summed E-state index contributed by atoms with van der Waals surface area (Å²) in [6, 6.07) is 0. The molecule has 0 radical (unpaired) electrons. The zero-order valence-electron chi connectivity index (χ0n) is 8.95. The molecule has 78 valence electrons. The topological polar surface area (TPSA) is 37.8 Å². The van der Waals surface area contributed by atoms with Crippen molar-refractivity contribution in [3.05, 3.63) is 18.1 Å². The second kappa shape index (κ2) is 5.86. The molecule has 0 amide bonds. The largest absolute Gasteiger partial charge is 0.369 e. The van der Waals surface area contributed by atoms with Gasteiger partial charge in [-0.25, -0.2) is 4.98 Å². The van der Waals surface area contributed by atoms with Gasteiger partial charge < -0.3 is 5.32 Å². The van der Waals surface area contributed by atoms with Gasteiger partial charge in [0, 0.05) is 12.3 Å². The summed E-state index contributed by atoms with van der Waals surface area (Å²) < 4.78 is 0. The minimum atomic E-state index is 0.644. The maximum Gasteiger partial charge on any atom is 0.144 e. The molecule has 1 heterocycles. The first-order valence-electron chi connectivity index (χ1n) is 4.88. The molecule has 0 bridgehead atoms. The first-order valence-corrected chi connectivity index (χ1v) is 5.93. The van der Waals surface area contributed by atoms with Crippen LogP contribution in [0.3, 0.4) is 0 Å². The molecule has 1 rings (SSSR count). The van der Waals surface area contributed by atoms with Crippen LogP contribution in [0.1, 0.15) is 26.5 Å². The van der Waals surface area contributed by atoms with E-state index in [-0.39, 0.29) is 0 Å². The number of rotatable bonds is 5. The number of nitrogens with zero attached hydrogens (tertiary/aromatic N) is 2. The smallest absolute Gasteiger partial charge is 0.144 e. The molecule has 0 saturated carbocycles. The van der Waals surface area contributed by atoms with Crippen LogP contribution in [0.5, 0.6) is 0 Å². The van der Waals surface area contributed by atoms with Crippen molar-refractivity contribution < 1.29 is 0 Å². The summed E-state index contributed by atoms with van der Waals surface area (Å²) in [5.41, 5.74) is 1.05. The minimum Gasteiger partial charge on any atom is -0.369 e. The van der Waals surface area contributed by atoms with Crippen LogP contribution in [-0.2, 0) is 5.75 Å². The SMILES string of the molecule is CCNc1cnc(CSC(C)C)cn1. The number of hydrogen-bond donors (Lipinski definition) is 1. The van der Waals surface area contributed by atoms with Crippen molar-refractivity contribution in [3.63, 3.8) is 0 Å². The third kappa shape index (κ3) is 3.96. The maximum absolute atomic E-state index is 4.32. The van der Waals surface area contributed by atoms with Crippen LogP contribution in [0.4, 0.5) is 5.82 Å². The van der Waals surface area contributed by atoms with Gasteiger partial charge >= 0.3 is 0 Å². The normalized spacial score (nSPS) is 10.6. The number of nitrogens with one attached hydrogen (secondary N) is 1. The van der Waals surface area contributed by atoms with Crippen LogP contribution >= 0.6 is 11.8 Å². The van der Waals surface area contributed by atoms with Crippen molar-refractivity contribution in [2.24, 2.45) is 0 Å². The standard InChI is InChI=1S/C10H17N3S/c1-4-11-10-6-12-9(5-13-10)7-14-8(2)3/h5-6,8H,4,7H2,1-3H3,(H,11,13). The van der Waals surface area contributed by atoms with Gasteiger partial charge in [-0.3, -0.25) is 4.98 Å². The third-order valence-electron chi connectivity index (χ3n) is 1.63. The number of anilines is 1. The highest BCUT2D eigenvalue weighted by molar-refractivity contribution is 7.99. The first kappa shape index (κ1) is 11.3. The summed E-state index contributed by atoms with van der Waals surface area (Å²) in [4.78, 5) is 8.58. The molecule has 14 heavy (non-hydrogen) atoms. The Balaban J connectivity index is 2.46. The van der Waals surface area contributed by atoms with Crippen molar-refractivity contribution in [1.82, 2.24) is 9.97 Å². The van der Waals surface area contributed by atoms with Crippen LogP contribution in [-0.4, -0.2) is 21.8 Å². The monoisotopic (exact) mass is 211 g/mol. The molecule has 0 fully saturated rings. The highest BCUT2D eigenvalue weighted by atomic mass is 32.2. The average Bonchev–Trinajstić information content (AvgIpc) is 2.17. The van der Waals surface area contributed by atoms with Gasteiger partial charge in [0.05, 0.1) is 18.1 Å². The second-order valence-electron chi connectivity index (χ2n) is 3.28. The van der Waals surface area contributed by atoms with Gasteiger partial charge in [-0.05, 0) is 12.2 Å². The van der Waals surface area contributed by atoms with Crippen LogP contribution in [0.15, 0.2) is 12.4 Å². The zero-order valence-corrected chi connectivity index (χ0v) is 9.77. The summed E-state index contributed by atoms with van der Waals surface area (Å²) in [5, 5.41) is 3.76. The van der Waals surface area contributed by atoms with E-state index in [1.165, 1.54) is 0 Å². The summed E-state index contributed by atoms with van der Waals surface area (Å²) in [6.45, 7) is 7.30. The van der Waals surface area contributed by atoms with E-state index in [2.05, 4.69) is 29.1 Å². The number of aromatic nitrogens is 2. The summed E-state index contributed by atoms with van der Waals surface area (Å²) >= 11 is 1.88. The third-order valence-corrected chi connectivity index (χ3v) is 2.76. The Hall–Kier alpha value is -0.770. The Bertz CT molecular complexity index is 259. The summed E-state index contributed by atoms with van der Waals surface area (Å²) in [5.74, 6) is 1.79. The fraction of sp³-hybridized carbons (Fsp3) is 0.600. The van der Waals surface area contributed by atoms with Crippen molar-refractivity contribution >= 4 is 17.6 Å². The van der Waals surface area contributed by atoms with Crippen LogP contribution in [0.2, 0.25) is 0 Å². The molecular formula is C10H17N3S. The molecule has 1 aromatic heterocycles. The number of thioether (sulfide) groups is 1. The lowest BCUT2D eigenvalue weighted by atomic mass is 10.5. The Morgan fingerprint density at radius 3 is 2.64 bits per heavy atom. The second-order valence-corrected chi connectivity index (χ2v) is 4.85. The summed E-state index contributed by atoms with van der Waals surface area (Å²) in [7, 11) is 0. The van der Waals surface area contributed by atoms with E-state index < -0.39 is 0 Å². The lowest BCUT2D eigenvalue weighted by Crippen LogP contribution is -2.01. The van der Waals surface area contributed by atoms with E-state index in [1.54, 1.807) is 6.20 Å². The molecule has 0 aliphatic heterocycles. The van der Waals surface area contributed by atoms with E-state index in [0.29, 0.717) is 5.25 Å². The van der Waals surface area contributed by atoms with Crippen molar-refractivity contribution in [3.8, 4) is 0 Å². The quantitative estimate of drug-likeness (QED) is 0.812. The van der Waals surface area contributed by atoms with Gasteiger partial charge in [-0.2, -0.15) is 11.8 Å². The van der Waals surface area contributed by atoms with E-state index in [1.807, 2.05) is 24.9 Å². The highest BCUT2D eigenvalue weighted by Gasteiger charge is 1.99. The fourth-order valence-electron chi connectivity index (χ4n) is 0.954. The van der Waals surface area contributed by atoms with Crippen LogP contribution in [0, 0.1) is 0 Å². The highest BCUT2D eigenvalue weighted by Crippen LogP contribution is 2.15. The first-order chi connectivity index (χ1) is 6.72. The van der Waals surface area contributed by atoms with E-state index in [4.69, 9.17) is 0 Å².